The lowest BCUT2D eigenvalue weighted by atomic mass is 10.2. The molecule has 0 radical (unpaired) electrons. The highest BCUT2D eigenvalue weighted by atomic mass is 16.5. The first-order chi connectivity index (χ1) is 11.6. The van der Waals surface area contributed by atoms with E-state index >= 15 is 0 Å². The molecule has 128 valence electrons. The Bertz CT molecular complexity index is 667. The fourth-order valence-corrected chi connectivity index (χ4v) is 2.04. The average Bonchev–Trinajstić information content (AvgIpc) is 3.11. The topological polar surface area (TPSA) is 80.6 Å². The second kappa shape index (κ2) is 8.76. The third kappa shape index (κ3) is 5.15. The van der Waals surface area contributed by atoms with Crippen molar-refractivity contribution in [1.29, 1.82) is 0 Å². The largest absolute Gasteiger partial charge is 0.467 e. The molecule has 1 aromatic carbocycles. The van der Waals surface area contributed by atoms with Crippen LogP contribution in [0.5, 0.6) is 0 Å². The van der Waals surface area contributed by atoms with Gasteiger partial charge in [-0.15, -0.1) is 0 Å². The van der Waals surface area contributed by atoms with Crippen LogP contribution < -0.4 is 10.6 Å². The van der Waals surface area contributed by atoms with E-state index in [0.717, 1.165) is 12.2 Å². The molecule has 6 heteroatoms. The lowest BCUT2D eigenvalue weighted by Gasteiger charge is -2.13. The second-order valence-corrected chi connectivity index (χ2v) is 5.43. The van der Waals surface area contributed by atoms with E-state index in [1.54, 1.807) is 30.5 Å². The maximum Gasteiger partial charge on any atom is 0.340 e. The summed E-state index contributed by atoms with van der Waals surface area (Å²) in [5.74, 6) is -0.0957. The number of rotatable bonds is 8. The molecule has 0 saturated heterocycles. The van der Waals surface area contributed by atoms with Gasteiger partial charge in [0.1, 0.15) is 5.76 Å². The first-order valence-corrected chi connectivity index (χ1v) is 7.92. The molecule has 0 aliphatic carbocycles. The zero-order chi connectivity index (χ0) is 17.4. The second-order valence-electron chi connectivity index (χ2n) is 5.43. The Kier molecular flexibility index (Phi) is 6.42. The van der Waals surface area contributed by atoms with Gasteiger partial charge >= 0.3 is 5.97 Å². The Morgan fingerprint density at radius 3 is 2.71 bits per heavy atom. The smallest absolute Gasteiger partial charge is 0.340 e. The van der Waals surface area contributed by atoms with Gasteiger partial charge in [-0.1, -0.05) is 19.1 Å². The quantitative estimate of drug-likeness (QED) is 0.727. The molecule has 1 heterocycles. The van der Waals surface area contributed by atoms with Crippen LogP contribution in [0.2, 0.25) is 0 Å². The van der Waals surface area contributed by atoms with Crippen LogP contribution in [0.1, 0.15) is 36.4 Å². The van der Waals surface area contributed by atoms with Gasteiger partial charge in [-0.25, -0.2) is 4.79 Å². The van der Waals surface area contributed by atoms with Crippen molar-refractivity contribution in [2.24, 2.45) is 0 Å². The Labute approximate surface area is 141 Å². The molecule has 0 aliphatic heterocycles. The van der Waals surface area contributed by atoms with E-state index < -0.39 is 5.97 Å². The van der Waals surface area contributed by atoms with Crippen molar-refractivity contribution in [3.8, 4) is 0 Å². The molecule has 1 amide bonds. The molecule has 0 fully saturated rings. The molecule has 2 rings (SSSR count). The molecule has 2 N–H and O–H groups in total. The highest BCUT2D eigenvalue weighted by molar-refractivity contribution is 5.96. The SMILES string of the molecule is CC[C@@H](C)NC(=O)COC(=O)c1ccccc1NCc1ccco1. The molecule has 6 nitrogen and oxygen atoms in total. The van der Waals surface area contributed by atoms with Gasteiger partial charge in [-0.3, -0.25) is 4.79 Å². The van der Waals surface area contributed by atoms with Crippen molar-refractivity contribution >= 4 is 17.6 Å². The maximum atomic E-state index is 12.2. The van der Waals surface area contributed by atoms with Crippen LogP contribution in [-0.4, -0.2) is 24.5 Å². The van der Waals surface area contributed by atoms with E-state index in [4.69, 9.17) is 9.15 Å². The molecule has 1 aromatic heterocycles. The number of carbonyl (C=O) groups is 2. The number of nitrogens with one attached hydrogen (secondary N) is 2. The van der Waals surface area contributed by atoms with Gasteiger partial charge in [0.05, 0.1) is 18.4 Å². The van der Waals surface area contributed by atoms with Crippen molar-refractivity contribution in [3.63, 3.8) is 0 Å². The third-order valence-corrected chi connectivity index (χ3v) is 3.53. The Balaban J connectivity index is 1.92. The van der Waals surface area contributed by atoms with Crippen molar-refractivity contribution in [2.75, 3.05) is 11.9 Å². The van der Waals surface area contributed by atoms with E-state index in [2.05, 4.69) is 10.6 Å². The van der Waals surface area contributed by atoms with E-state index in [1.165, 1.54) is 0 Å². The molecule has 24 heavy (non-hydrogen) atoms. The van der Waals surface area contributed by atoms with E-state index in [1.807, 2.05) is 26.0 Å². The van der Waals surface area contributed by atoms with Crippen LogP contribution in [0.25, 0.3) is 0 Å². The summed E-state index contributed by atoms with van der Waals surface area (Å²) in [5, 5.41) is 5.88. The minimum atomic E-state index is -0.545. The number of hydrogen-bond acceptors (Lipinski definition) is 5. The standard InChI is InChI=1S/C18H22N2O4/c1-3-13(2)20-17(21)12-24-18(22)15-8-4-5-9-16(15)19-11-14-7-6-10-23-14/h4-10,13,19H,3,11-12H2,1-2H3,(H,20,21)/t13-/m1/s1. The van der Waals surface area contributed by atoms with E-state index in [0.29, 0.717) is 17.8 Å². The minimum Gasteiger partial charge on any atom is -0.467 e. The molecule has 0 unspecified atom stereocenters. The predicted molar refractivity (Wildman–Crippen MR) is 90.7 cm³/mol. The number of anilines is 1. The molecule has 0 aliphatic rings. The highest BCUT2D eigenvalue weighted by Crippen LogP contribution is 2.17. The summed E-state index contributed by atoms with van der Waals surface area (Å²) < 4.78 is 10.3. The normalized spacial score (nSPS) is 11.6. The number of ether oxygens (including phenoxy) is 1. The summed E-state index contributed by atoms with van der Waals surface area (Å²) in [6.07, 6.45) is 2.41. The molecular formula is C18H22N2O4. The number of esters is 1. The monoisotopic (exact) mass is 330 g/mol. The summed E-state index contributed by atoms with van der Waals surface area (Å²) in [6, 6.07) is 10.7. The van der Waals surface area contributed by atoms with Crippen LogP contribution in [0.3, 0.4) is 0 Å². The van der Waals surface area contributed by atoms with Crippen LogP contribution in [0.15, 0.2) is 47.1 Å². The molecule has 1 atom stereocenters. The van der Waals surface area contributed by atoms with Gasteiger partial charge in [0.15, 0.2) is 6.61 Å². The lowest BCUT2D eigenvalue weighted by molar-refractivity contribution is -0.124. The van der Waals surface area contributed by atoms with Crippen LogP contribution in [0, 0.1) is 0 Å². The van der Waals surface area contributed by atoms with Crippen LogP contribution in [0.4, 0.5) is 5.69 Å². The summed E-state index contributed by atoms with van der Waals surface area (Å²) in [6.45, 7) is 4.02. The summed E-state index contributed by atoms with van der Waals surface area (Å²) in [5.41, 5.74) is 1.00. The summed E-state index contributed by atoms with van der Waals surface area (Å²) in [7, 11) is 0. The van der Waals surface area contributed by atoms with Gasteiger partial charge in [0, 0.05) is 11.7 Å². The fraction of sp³-hybridized carbons (Fsp3) is 0.333. The van der Waals surface area contributed by atoms with E-state index in [9.17, 15) is 9.59 Å². The third-order valence-electron chi connectivity index (χ3n) is 3.53. The average molecular weight is 330 g/mol. The number of furan rings is 1. The summed E-state index contributed by atoms with van der Waals surface area (Å²) >= 11 is 0. The van der Waals surface area contributed by atoms with E-state index in [-0.39, 0.29) is 18.6 Å². The number of hydrogen-bond donors (Lipinski definition) is 2. The van der Waals surface area contributed by atoms with Gasteiger partial charge in [-0.05, 0) is 37.6 Å². The Hall–Kier alpha value is -2.76. The van der Waals surface area contributed by atoms with Crippen molar-refractivity contribution in [1.82, 2.24) is 5.32 Å². The molecule has 0 bridgehead atoms. The molecule has 0 spiro atoms. The molecular weight excluding hydrogens is 308 g/mol. The maximum absolute atomic E-state index is 12.2. The highest BCUT2D eigenvalue weighted by Gasteiger charge is 2.15. The first kappa shape index (κ1) is 17.6. The Morgan fingerprint density at radius 1 is 1.21 bits per heavy atom. The first-order valence-electron chi connectivity index (χ1n) is 7.92. The van der Waals surface area contributed by atoms with Gasteiger partial charge in [0.2, 0.25) is 0 Å². The van der Waals surface area contributed by atoms with Crippen LogP contribution >= 0.6 is 0 Å². The predicted octanol–water partition coefficient (Wildman–Crippen LogP) is 2.96. The van der Waals surface area contributed by atoms with Crippen molar-refractivity contribution < 1.29 is 18.7 Å². The van der Waals surface area contributed by atoms with Gasteiger partial charge < -0.3 is 19.8 Å². The summed E-state index contributed by atoms with van der Waals surface area (Å²) in [4.78, 5) is 23.9. The number of benzene rings is 1. The number of para-hydroxylation sites is 1. The van der Waals surface area contributed by atoms with Gasteiger partial charge in [0.25, 0.3) is 5.91 Å². The lowest BCUT2D eigenvalue weighted by Crippen LogP contribution is -2.35. The van der Waals surface area contributed by atoms with Crippen molar-refractivity contribution in [3.05, 3.63) is 54.0 Å². The van der Waals surface area contributed by atoms with Crippen LogP contribution in [-0.2, 0) is 16.1 Å². The molecule has 0 saturated carbocycles. The number of carbonyl (C=O) groups excluding carboxylic acids is 2. The van der Waals surface area contributed by atoms with Crippen molar-refractivity contribution in [2.45, 2.75) is 32.9 Å². The Morgan fingerprint density at radius 2 is 2.00 bits per heavy atom. The zero-order valence-electron chi connectivity index (χ0n) is 13.9. The zero-order valence-corrected chi connectivity index (χ0v) is 13.9. The minimum absolute atomic E-state index is 0.0541. The molecule has 2 aromatic rings. The number of amides is 1. The van der Waals surface area contributed by atoms with Gasteiger partial charge in [-0.2, -0.15) is 0 Å². The fourth-order valence-electron chi connectivity index (χ4n) is 2.04.